The summed E-state index contributed by atoms with van der Waals surface area (Å²) in [5.74, 6) is -6.17. The third kappa shape index (κ3) is 17.4. The van der Waals surface area contributed by atoms with Gasteiger partial charge in [0.05, 0.1) is 52.5 Å². The highest BCUT2D eigenvalue weighted by Crippen LogP contribution is 2.34. The number of carbonyl (C=O) groups is 8. The fourth-order valence-electron chi connectivity index (χ4n) is 8.54. The molecule has 2 fully saturated rings. The molecule has 2 saturated heterocycles. The number of ether oxygens (including phenoxy) is 6. The molecule has 0 aromatic heterocycles. The van der Waals surface area contributed by atoms with Gasteiger partial charge in [0.25, 0.3) is 0 Å². The zero-order chi connectivity index (χ0) is 58.4. The Hall–Kier alpha value is -7.73. The van der Waals surface area contributed by atoms with Crippen LogP contribution in [0.5, 0.6) is 11.5 Å². The second kappa shape index (κ2) is 27.4. The van der Waals surface area contributed by atoms with Crippen molar-refractivity contribution >= 4 is 47.0 Å². The van der Waals surface area contributed by atoms with Crippen LogP contribution >= 0.6 is 0 Å². The molecule has 6 rings (SSSR count). The number of alkyl halides is 3. The summed E-state index contributed by atoms with van der Waals surface area (Å²) in [5.41, 5.74) is 0.920. The minimum atomic E-state index is -5.30. The molecule has 8 unspecified atom stereocenters. The molecule has 20 nitrogen and oxygen atoms in total. The number of Topliss-reactive ketones (excluding diaryl/α,β-unsaturated/α-hetero) is 2. The van der Waals surface area contributed by atoms with E-state index in [0.29, 0.717) is 44.9 Å². The van der Waals surface area contributed by atoms with Crippen LogP contribution in [0, 0.1) is 0 Å². The van der Waals surface area contributed by atoms with Crippen LogP contribution in [-0.4, -0.2) is 149 Å². The standard InChI is InChI=1S/C57H67F3N6O14/c1-33(61-47(67)22-23-78-32-75-5)50(70)65-44(27-36-16-19-40(76-6)20-17-36)52(72)64-43(49(69)56(4)31-80-56)28-37-14-11-15-39(24-37)41-25-38(18-21-46(41)77-7)29-45(66-51(71)34(2)62-54(74)57(58,59)60)53(73)63-42(48(68)55(3)30-79-55)26-35-12-9-8-10-13-35/h8-21,24-25,33-34,42-45H,22-23,26-32H2,1-7H3,(H,61,67)(H,62,74)(H,63,73)(H,64,72)(H,65,70)(H,66,71). The van der Waals surface area contributed by atoms with Crippen LogP contribution in [0.4, 0.5) is 13.2 Å². The van der Waals surface area contributed by atoms with Gasteiger partial charge in [-0.2, -0.15) is 13.2 Å². The van der Waals surface area contributed by atoms with E-state index in [1.165, 1.54) is 28.3 Å². The van der Waals surface area contributed by atoms with Crippen LogP contribution in [0.3, 0.4) is 0 Å². The van der Waals surface area contributed by atoms with Gasteiger partial charge < -0.3 is 60.3 Å². The smallest absolute Gasteiger partial charge is 0.471 e. The van der Waals surface area contributed by atoms with Crippen molar-refractivity contribution in [3.63, 3.8) is 0 Å². The van der Waals surface area contributed by atoms with E-state index in [0.717, 1.165) is 6.92 Å². The maximum atomic E-state index is 14.4. The maximum absolute atomic E-state index is 14.4. The number of halogens is 3. The van der Waals surface area contributed by atoms with Crippen molar-refractivity contribution in [3.05, 3.63) is 119 Å². The topological polar surface area (TPSA) is 271 Å². The van der Waals surface area contributed by atoms with E-state index in [9.17, 15) is 51.5 Å². The average molecular weight is 1120 g/mol. The van der Waals surface area contributed by atoms with Crippen LogP contribution in [0.2, 0.25) is 0 Å². The van der Waals surface area contributed by atoms with Crippen molar-refractivity contribution < 1.29 is 79.9 Å². The van der Waals surface area contributed by atoms with Crippen LogP contribution in [-0.2, 0) is 83.0 Å². The van der Waals surface area contributed by atoms with Crippen molar-refractivity contribution in [2.75, 3.05) is 47.9 Å². The number of benzene rings is 4. The predicted octanol–water partition coefficient (Wildman–Crippen LogP) is 3.18. The molecule has 0 bridgehead atoms. The molecule has 8 atom stereocenters. The van der Waals surface area contributed by atoms with Crippen molar-refractivity contribution in [1.82, 2.24) is 31.9 Å². The molecule has 0 radical (unpaired) electrons. The number of methoxy groups -OCH3 is 3. The molecule has 4 aromatic carbocycles. The molecule has 0 saturated carbocycles. The van der Waals surface area contributed by atoms with Gasteiger partial charge in [0.2, 0.25) is 29.5 Å². The number of ketones is 2. The molecule has 6 N–H and O–H groups in total. The molecule has 2 aliphatic heterocycles. The maximum Gasteiger partial charge on any atom is 0.471 e. The second-order valence-corrected chi connectivity index (χ2v) is 19.9. The van der Waals surface area contributed by atoms with Crippen molar-refractivity contribution in [2.45, 2.75) is 113 Å². The molecule has 80 heavy (non-hydrogen) atoms. The SMILES string of the molecule is COCOCCC(=O)NC(C)C(=O)NC(Cc1ccc(OC)cc1)C(=O)NC(Cc1cccc(-c2cc(CC(NC(=O)C(C)NC(=O)C(F)(F)F)C(=O)NC(Cc3ccccc3)C(=O)C3(C)CO3)ccc2OC)c1)C(=O)C1(C)CO1. The lowest BCUT2D eigenvalue weighted by Crippen LogP contribution is -2.57. The van der Waals surface area contributed by atoms with Crippen LogP contribution in [0.1, 0.15) is 56.4 Å². The fraction of sp³-hybridized carbons (Fsp3) is 0.439. The van der Waals surface area contributed by atoms with Crippen molar-refractivity contribution in [2.24, 2.45) is 0 Å². The predicted molar refractivity (Wildman–Crippen MR) is 283 cm³/mol. The molecule has 2 heterocycles. The van der Waals surface area contributed by atoms with Crippen LogP contribution in [0.15, 0.2) is 97.1 Å². The highest BCUT2D eigenvalue weighted by molar-refractivity contribution is 6.00. The molecular formula is C57H67F3N6O14. The molecule has 6 amide bonds. The molecule has 4 aromatic rings. The Morgan fingerprint density at radius 1 is 0.562 bits per heavy atom. The van der Waals surface area contributed by atoms with Gasteiger partial charge in [-0.3, -0.25) is 38.4 Å². The van der Waals surface area contributed by atoms with E-state index in [4.69, 9.17) is 28.4 Å². The molecule has 430 valence electrons. The summed E-state index contributed by atoms with van der Waals surface area (Å²) in [5, 5.41) is 15.0. The summed E-state index contributed by atoms with van der Waals surface area (Å²) in [4.78, 5) is 108. The third-order valence-electron chi connectivity index (χ3n) is 13.4. The van der Waals surface area contributed by atoms with E-state index in [-0.39, 0.29) is 58.7 Å². The van der Waals surface area contributed by atoms with E-state index < -0.39 is 101 Å². The zero-order valence-corrected chi connectivity index (χ0v) is 45.4. The Kier molecular flexibility index (Phi) is 21.1. The van der Waals surface area contributed by atoms with Crippen molar-refractivity contribution in [3.8, 4) is 22.6 Å². The van der Waals surface area contributed by atoms with Gasteiger partial charge in [-0.15, -0.1) is 0 Å². The third-order valence-corrected chi connectivity index (χ3v) is 13.4. The number of amides is 6. The first kappa shape index (κ1) is 61.5. The minimum absolute atomic E-state index is 0.0180. The van der Waals surface area contributed by atoms with E-state index in [1.807, 2.05) is 0 Å². The van der Waals surface area contributed by atoms with Crippen molar-refractivity contribution in [1.29, 1.82) is 0 Å². The molecule has 0 aliphatic carbocycles. The van der Waals surface area contributed by atoms with Gasteiger partial charge >= 0.3 is 12.1 Å². The first-order valence-corrected chi connectivity index (χ1v) is 25.7. The lowest BCUT2D eigenvalue weighted by molar-refractivity contribution is -0.174. The Morgan fingerprint density at radius 2 is 1.04 bits per heavy atom. The second-order valence-electron chi connectivity index (χ2n) is 19.9. The number of hydrogen-bond acceptors (Lipinski definition) is 14. The summed E-state index contributed by atoms with van der Waals surface area (Å²) in [7, 11) is 4.37. The van der Waals surface area contributed by atoms with Gasteiger partial charge in [-0.25, -0.2) is 0 Å². The molecule has 2 aliphatic rings. The Morgan fingerprint density at radius 3 is 1.56 bits per heavy atom. The summed E-state index contributed by atoms with van der Waals surface area (Å²) in [6.45, 7) is 5.89. The molecule has 23 heteroatoms. The number of epoxide rings is 2. The van der Waals surface area contributed by atoms with Gasteiger partial charge in [0, 0.05) is 25.5 Å². The van der Waals surface area contributed by atoms with Gasteiger partial charge in [-0.1, -0.05) is 72.8 Å². The quantitative estimate of drug-likeness (QED) is 0.0249. The van der Waals surface area contributed by atoms with E-state index in [1.54, 1.807) is 116 Å². The van der Waals surface area contributed by atoms with E-state index in [2.05, 4.69) is 26.6 Å². The largest absolute Gasteiger partial charge is 0.497 e. The first-order chi connectivity index (χ1) is 37.9. The lowest BCUT2D eigenvalue weighted by Gasteiger charge is -2.26. The highest BCUT2D eigenvalue weighted by atomic mass is 19.4. The number of carbonyl (C=O) groups excluding carboxylic acids is 8. The average Bonchev–Trinajstić information content (AvgIpc) is 4.40. The summed E-state index contributed by atoms with van der Waals surface area (Å²) < 4.78 is 71.7. The van der Waals surface area contributed by atoms with Gasteiger partial charge in [0.15, 0.2) is 11.6 Å². The fourth-order valence-corrected chi connectivity index (χ4v) is 8.54. The monoisotopic (exact) mass is 1120 g/mol. The van der Waals surface area contributed by atoms with Gasteiger partial charge in [0.1, 0.15) is 53.7 Å². The number of nitrogens with one attached hydrogen (secondary N) is 6. The highest BCUT2D eigenvalue weighted by Gasteiger charge is 2.51. The number of rotatable bonds is 30. The number of hydrogen-bond donors (Lipinski definition) is 6. The normalized spacial score (nSPS) is 18.6. The minimum Gasteiger partial charge on any atom is -0.497 e. The Balaban J connectivity index is 1.27. The summed E-state index contributed by atoms with van der Waals surface area (Å²) in [6, 6.07) is 19.5. The molecule has 0 spiro atoms. The first-order valence-electron chi connectivity index (χ1n) is 25.7. The Bertz CT molecular complexity index is 2860. The van der Waals surface area contributed by atoms with Crippen LogP contribution < -0.4 is 41.4 Å². The zero-order valence-electron chi connectivity index (χ0n) is 45.4. The van der Waals surface area contributed by atoms with E-state index >= 15 is 0 Å². The molecular weight excluding hydrogens is 1050 g/mol. The summed E-state index contributed by atoms with van der Waals surface area (Å²) >= 11 is 0. The van der Waals surface area contributed by atoms with Crippen LogP contribution in [0.25, 0.3) is 11.1 Å². The van der Waals surface area contributed by atoms with Gasteiger partial charge in [-0.05, 0) is 92.6 Å². The lowest BCUT2D eigenvalue weighted by atomic mass is 9.92. The Labute approximate surface area is 460 Å². The summed E-state index contributed by atoms with van der Waals surface area (Å²) in [6.07, 6.45) is -5.68.